The van der Waals surface area contributed by atoms with Crippen molar-refractivity contribution >= 4 is 17.8 Å². The van der Waals surface area contributed by atoms with Crippen LogP contribution in [0.4, 0.5) is 0 Å². The van der Waals surface area contributed by atoms with E-state index in [1.165, 1.54) is 7.11 Å². The van der Waals surface area contributed by atoms with Gasteiger partial charge in [-0.25, -0.2) is 4.79 Å². The van der Waals surface area contributed by atoms with Crippen molar-refractivity contribution in [3.63, 3.8) is 0 Å². The fraction of sp³-hybridized carbons (Fsp3) is 0.700. The Kier molecular flexibility index (Phi) is 7.70. The SMILES string of the molecule is COC(=O)CCC(NC(=O)CCCN)C(=O)O. The van der Waals surface area contributed by atoms with Gasteiger partial charge in [-0.05, 0) is 19.4 Å². The third-order valence-electron chi connectivity index (χ3n) is 2.11. The van der Waals surface area contributed by atoms with E-state index in [1.807, 2.05) is 0 Å². The molecule has 7 nitrogen and oxygen atoms in total. The van der Waals surface area contributed by atoms with Crippen LogP contribution in [-0.4, -0.2) is 42.6 Å². The molecule has 4 N–H and O–H groups in total. The van der Waals surface area contributed by atoms with Crippen molar-refractivity contribution in [3.8, 4) is 0 Å². The molecule has 0 aliphatic heterocycles. The quantitative estimate of drug-likeness (QED) is 0.485. The molecule has 0 spiro atoms. The van der Waals surface area contributed by atoms with Crippen LogP contribution in [0.15, 0.2) is 0 Å². The third-order valence-corrected chi connectivity index (χ3v) is 2.11. The second-order valence-electron chi connectivity index (χ2n) is 3.47. The van der Waals surface area contributed by atoms with Crippen LogP contribution in [0.3, 0.4) is 0 Å². The van der Waals surface area contributed by atoms with Gasteiger partial charge in [-0.15, -0.1) is 0 Å². The molecular weight excluding hydrogens is 228 g/mol. The standard InChI is InChI=1S/C10H18N2O5/c1-17-9(14)5-4-7(10(15)16)12-8(13)3-2-6-11/h7H,2-6,11H2,1H3,(H,12,13)(H,15,16). The van der Waals surface area contributed by atoms with E-state index < -0.39 is 18.0 Å². The van der Waals surface area contributed by atoms with E-state index in [0.29, 0.717) is 13.0 Å². The lowest BCUT2D eigenvalue weighted by atomic mass is 10.1. The number of rotatable bonds is 8. The van der Waals surface area contributed by atoms with Crippen LogP contribution < -0.4 is 11.1 Å². The second-order valence-corrected chi connectivity index (χ2v) is 3.47. The molecule has 0 bridgehead atoms. The predicted molar refractivity (Wildman–Crippen MR) is 59.1 cm³/mol. The predicted octanol–water partition coefficient (Wildman–Crippen LogP) is -0.752. The molecule has 98 valence electrons. The van der Waals surface area contributed by atoms with E-state index in [-0.39, 0.29) is 25.2 Å². The van der Waals surface area contributed by atoms with E-state index in [9.17, 15) is 14.4 Å². The number of amides is 1. The summed E-state index contributed by atoms with van der Waals surface area (Å²) in [5.41, 5.74) is 5.23. The lowest BCUT2D eigenvalue weighted by Gasteiger charge is -2.13. The van der Waals surface area contributed by atoms with Crippen molar-refractivity contribution < 1.29 is 24.2 Å². The minimum absolute atomic E-state index is 0.0103. The molecule has 0 saturated carbocycles. The Hall–Kier alpha value is -1.63. The molecule has 0 aliphatic carbocycles. The van der Waals surface area contributed by atoms with Crippen molar-refractivity contribution in [3.05, 3.63) is 0 Å². The zero-order chi connectivity index (χ0) is 13.3. The molecule has 1 atom stereocenters. The van der Waals surface area contributed by atoms with Gasteiger partial charge in [0.2, 0.25) is 5.91 Å². The van der Waals surface area contributed by atoms with E-state index >= 15 is 0 Å². The third kappa shape index (κ3) is 7.29. The Labute approximate surface area is 99.3 Å². The van der Waals surface area contributed by atoms with E-state index in [0.717, 1.165) is 0 Å². The highest BCUT2D eigenvalue weighted by Gasteiger charge is 2.20. The number of methoxy groups -OCH3 is 1. The first-order valence-electron chi connectivity index (χ1n) is 5.30. The number of ether oxygens (including phenoxy) is 1. The van der Waals surface area contributed by atoms with Gasteiger partial charge in [0.05, 0.1) is 7.11 Å². The average molecular weight is 246 g/mol. The topological polar surface area (TPSA) is 119 Å². The first kappa shape index (κ1) is 15.4. The molecule has 0 saturated heterocycles. The molecule has 7 heteroatoms. The molecule has 17 heavy (non-hydrogen) atoms. The molecule has 1 amide bonds. The molecule has 0 aromatic heterocycles. The number of aliphatic carboxylic acids is 1. The summed E-state index contributed by atoms with van der Waals surface area (Å²) in [5.74, 6) is -2.06. The average Bonchev–Trinajstić information content (AvgIpc) is 2.30. The van der Waals surface area contributed by atoms with Gasteiger partial charge in [-0.3, -0.25) is 9.59 Å². The van der Waals surface area contributed by atoms with Crippen molar-refractivity contribution in [2.45, 2.75) is 31.7 Å². The number of carbonyl (C=O) groups excluding carboxylic acids is 2. The van der Waals surface area contributed by atoms with Gasteiger partial charge >= 0.3 is 11.9 Å². The van der Waals surface area contributed by atoms with Gasteiger partial charge in [-0.1, -0.05) is 0 Å². The van der Waals surface area contributed by atoms with Gasteiger partial charge in [0.25, 0.3) is 0 Å². The highest BCUT2D eigenvalue weighted by Crippen LogP contribution is 2.00. The molecule has 0 rings (SSSR count). The molecule has 0 heterocycles. The zero-order valence-electron chi connectivity index (χ0n) is 9.77. The summed E-state index contributed by atoms with van der Waals surface area (Å²) >= 11 is 0. The molecule has 0 fully saturated rings. The summed E-state index contributed by atoms with van der Waals surface area (Å²) in [7, 11) is 1.22. The first-order valence-corrected chi connectivity index (χ1v) is 5.30. The highest BCUT2D eigenvalue weighted by molar-refractivity contribution is 5.83. The Morgan fingerprint density at radius 1 is 1.35 bits per heavy atom. The lowest BCUT2D eigenvalue weighted by molar-refractivity contribution is -0.144. The minimum atomic E-state index is -1.17. The van der Waals surface area contributed by atoms with E-state index in [2.05, 4.69) is 10.1 Å². The van der Waals surface area contributed by atoms with E-state index in [1.54, 1.807) is 0 Å². The number of carboxylic acid groups (broad SMARTS) is 1. The number of esters is 1. The largest absolute Gasteiger partial charge is 0.480 e. The molecule has 0 aromatic carbocycles. The van der Waals surface area contributed by atoms with Crippen molar-refractivity contribution in [1.29, 1.82) is 0 Å². The van der Waals surface area contributed by atoms with Crippen LogP contribution in [0.5, 0.6) is 0 Å². The van der Waals surface area contributed by atoms with Gasteiger partial charge in [0.1, 0.15) is 6.04 Å². The van der Waals surface area contributed by atoms with Gasteiger partial charge < -0.3 is 20.9 Å². The Morgan fingerprint density at radius 2 is 2.00 bits per heavy atom. The number of nitrogens with two attached hydrogens (primary N) is 1. The monoisotopic (exact) mass is 246 g/mol. The fourth-order valence-electron chi connectivity index (χ4n) is 1.15. The highest BCUT2D eigenvalue weighted by atomic mass is 16.5. The normalized spacial score (nSPS) is 11.6. The van der Waals surface area contributed by atoms with Crippen LogP contribution in [0.1, 0.15) is 25.7 Å². The molecular formula is C10H18N2O5. The van der Waals surface area contributed by atoms with Crippen LogP contribution >= 0.6 is 0 Å². The summed E-state index contributed by atoms with van der Waals surface area (Å²) in [6, 6.07) is -1.07. The summed E-state index contributed by atoms with van der Waals surface area (Å²) < 4.78 is 4.39. The number of hydrogen-bond acceptors (Lipinski definition) is 5. The maximum atomic E-state index is 11.3. The first-order chi connectivity index (χ1) is 8.01. The summed E-state index contributed by atoms with van der Waals surface area (Å²) in [6.07, 6.45) is 0.634. The van der Waals surface area contributed by atoms with Crippen molar-refractivity contribution in [1.82, 2.24) is 5.32 Å². The Balaban J connectivity index is 4.10. The smallest absolute Gasteiger partial charge is 0.326 e. The Bertz CT molecular complexity index is 280. The van der Waals surface area contributed by atoms with Crippen molar-refractivity contribution in [2.75, 3.05) is 13.7 Å². The van der Waals surface area contributed by atoms with Gasteiger partial charge in [-0.2, -0.15) is 0 Å². The van der Waals surface area contributed by atoms with Crippen molar-refractivity contribution in [2.24, 2.45) is 5.73 Å². The number of carbonyl (C=O) groups is 3. The minimum Gasteiger partial charge on any atom is -0.480 e. The second kappa shape index (κ2) is 8.51. The maximum absolute atomic E-state index is 11.3. The van der Waals surface area contributed by atoms with Crippen LogP contribution in [0.25, 0.3) is 0 Å². The maximum Gasteiger partial charge on any atom is 0.326 e. The zero-order valence-corrected chi connectivity index (χ0v) is 9.77. The Morgan fingerprint density at radius 3 is 2.47 bits per heavy atom. The van der Waals surface area contributed by atoms with E-state index in [4.69, 9.17) is 10.8 Å². The molecule has 1 unspecified atom stereocenters. The lowest BCUT2D eigenvalue weighted by Crippen LogP contribution is -2.41. The number of hydrogen-bond donors (Lipinski definition) is 3. The van der Waals surface area contributed by atoms with Gasteiger partial charge in [0.15, 0.2) is 0 Å². The van der Waals surface area contributed by atoms with Gasteiger partial charge in [0, 0.05) is 12.8 Å². The molecule has 0 aromatic rings. The summed E-state index contributed by atoms with van der Waals surface area (Å²) in [6.45, 7) is 0.368. The molecule has 0 radical (unpaired) electrons. The van der Waals surface area contributed by atoms with Crippen LogP contribution in [0, 0.1) is 0 Å². The number of nitrogens with one attached hydrogen (secondary N) is 1. The fourth-order valence-corrected chi connectivity index (χ4v) is 1.15. The number of carboxylic acids is 1. The van der Waals surface area contributed by atoms with Crippen LogP contribution in [-0.2, 0) is 19.1 Å². The molecule has 0 aliphatic rings. The van der Waals surface area contributed by atoms with Crippen LogP contribution in [0.2, 0.25) is 0 Å². The summed E-state index contributed by atoms with van der Waals surface area (Å²) in [4.78, 5) is 33.0. The summed E-state index contributed by atoms with van der Waals surface area (Å²) in [5, 5.41) is 11.2.